The molecule has 0 spiro atoms. The molecule has 4 heteroatoms. The number of anilines is 1. The van der Waals surface area contributed by atoms with Gasteiger partial charge in [0.1, 0.15) is 12.4 Å². The number of ether oxygens (including phenoxy) is 1. The zero-order valence-corrected chi connectivity index (χ0v) is 13.7. The number of para-hydroxylation sites is 2. The smallest absolute Gasteiger partial charge is 0.143 e. The molecule has 1 saturated heterocycles. The molecule has 1 N–H and O–H groups in total. The summed E-state index contributed by atoms with van der Waals surface area (Å²) in [6, 6.07) is 18.7. The van der Waals surface area contributed by atoms with Gasteiger partial charge in [0, 0.05) is 32.7 Å². The fourth-order valence-electron chi connectivity index (χ4n) is 2.90. The molecule has 3 rings (SSSR count). The van der Waals surface area contributed by atoms with Crippen LogP contribution >= 0.6 is 0 Å². The molecule has 0 aliphatic carbocycles. The van der Waals surface area contributed by atoms with Gasteiger partial charge in [-0.05, 0) is 17.7 Å². The van der Waals surface area contributed by atoms with E-state index in [2.05, 4.69) is 52.6 Å². The molecule has 1 aliphatic heterocycles. The lowest BCUT2D eigenvalue weighted by Crippen LogP contribution is -2.52. The summed E-state index contributed by atoms with van der Waals surface area (Å²) in [6.45, 7) is 7.81. The third kappa shape index (κ3) is 4.24. The molecule has 2 aromatic carbocycles. The molecule has 0 saturated carbocycles. The number of piperazine rings is 1. The van der Waals surface area contributed by atoms with E-state index in [4.69, 9.17) is 4.74 Å². The number of rotatable bonds is 6. The summed E-state index contributed by atoms with van der Waals surface area (Å²) < 4.78 is 6.08. The first kappa shape index (κ1) is 15.8. The Morgan fingerprint density at radius 3 is 2.35 bits per heavy atom. The highest BCUT2D eigenvalue weighted by molar-refractivity contribution is 5.58. The van der Waals surface area contributed by atoms with Crippen LogP contribution in [0, 0.1) is 0 Å². The van der Waals surface area contributed by atoms with Crippen molar-refractivity contribution in [1.82, 2.24) is 10.4 Å². The Balaban J connectivity index is 1.64. The minimum absolute atomic E-state index is 0.606. The lowest BCUT2D eigenvalue weighted by atomic mass is 10.2. The summed E-state index contributed by atoms with van der Waals surface area (Å²) in [5, 5.41) is 2.30. The minimum Gasteiger partial charge on any atom is -0.487 e. The molecule has 0 atom stereocenters. The van der Waals surface area contributed by atoms with Gasteiger partial charge < -0.3 is 9.64 Å². The van der Waals surface area contributed by atoms with Gasteiger partial charge in [0.25, 0.3) is 0 Å². The maximum atomic E-state index is 6.08. The van der Waals surface area contributed by atoms with Crippen LogP contribution in [0.2, 0.25) is 0 Å². The van der Waals surface area contributed by atoms with E-state index in [9.17, 15) is 0 Å². The predicted molar refractivity (Wildman–Crippen MR) is 94.7 cm³/mol. The van der Waals surface area contributed by atoms with Gasteiger partial charge in [0.15, 0.2) is 0 Å². The normalized spacial score (nSPS) is 15.6. The summed E-state index contributed by atoms with van der Waals surface area (Å²) in [5.41, 5.74) is 5.78. The highest BCUT2D eigenvalue weighted by Crippen LogP contribution is 2.29. The molecule has 0 unspecified atom stereocenters. The van der Waals surface area contributed by atoms with Crippen molar-refractivity contribution in [2.75, 3.05) is 37.6 Å². The highest BCUT2D eigenvalue weighted by atomic mass is 16.5. The topological polar surface area (TPSA) is 27.7 Å². The number of benzene rings is 2. The first-order valence-electron chi connectivity index (χ1n) is 8.36. The number of hydrogen-bond acceptors (Lipinski definition) is 4. The number of nitrogens with one attached hydrogen (secondary N) is 1. The van der Waals surface area contributed by atoms with E-state index in [0.29, 0.717) is 6.61 Å². The van der Waals surface area contributed by atoms with Gasteiger partial charge in [0.2, 0.25) is 0 Å². The summed E-state index contributed by atoms with van der Waals surface area (Å²) in [7, 11) is 0. The molecule has 4 nitrogen and oxygen atoms in total. The second-order valence-corrected chi connectivity index (χ2v) is 5.73. The standard InChI is InChI=1S/C19H25N3O/c1-2-20-22-14-12-21(13-15-22)18-10-6-7-11-19(18)23-16-17-8-4-3-5-9-17/h3-11,20H,2,12-16H2,1H3. The molecule has 122 valence electrons. The molecule has 0 radical (unpaired) electrons. The van der Waals surface area contributed by atoms with Crippen molar-refractivity contribution in [2.24, 2.45) is 0 Å². The fourth-order valence-corrected chi connectivity index (χ4v) is 2.90. The minimum atomic E-state index is 0.606. The van der Waals surface area contributed by atoms with Gasteiger partial charge in [0.05, 0.1) is 5.69 Å². The van der Waals surface area contributed by atoms with Crippen LogP contribution in [0.15, 0.2) is 54.6 Å². The highest BCUT2D eigenvalue weighted by Gasteiger charge is 2.19. The lowest BCUT2D eigenvalue weighted by molar-refractivity contribution is 0.180. The van der Waals surface area contributed by atoms with Crippen molar-refractivity contribution in [3.8, 4) is 5.75 Å². The summed E-state index contributed by atoms with van der Waals surface area (Å²) in [4.78, 5) is 2.41. The SMILES string of the molecule is CCNN1CCN(c2ccccc2OCc2ccccc2)CC1. The molecule has 0 aromatic heterocycles. The van der Waals surface area contributed by atoms with E-state index >= 15 is 0 Å². The monoisotopic (exact) mass is 311 g/mol. The summed E-state index contributed by atoms with van der Waals surface area (Å²) in [5.74, 6) is 0.966. The van der Waals surface area contributed by atoms with Crippen LogP contribution in [0.1, 0.15) is 12.5 Å². The maximum Gasteiger partial charge on any atom is 0.143 e. The Hall–Kier alpha value is -2.04. The van der Waals surface area contributed by atoms with Gasteiger partial charge >= 0.3 is 0 Å². The van der Waals surface area contributed by atoms with Crippen LogP contribution in [-0.4, -0.2) is 37.7 Å². The second kappa shape index (κ2) is 7.99. The first-order valence-corrected chi connectivity index (χ1v) is 8.36. The van der Waals surface area contributed by atoms with Crippen LogP contribution in [0.5, 0.6) is 5.75 Å². The van der Waals surface area contributed by atoms with Crippen molar-refractivity contribution < 1.29 is 4.74 Å². The van der Waals surface area contributed by atoms with Crippen LogP contribution in [0.4, 0.5) is 5.69 Å². The Bertz CT molecular complexity index is 595. The molecular formula is C19H25N3O. The quantitative estimate of drug-likeness (QED) is 0.888. The van der Waals surface area contributed by atoms with Crippen molar-refractivity contribution in [3.05, 3.63) is 60.2 Å². The van der Waals surface area contributed by atoms with E-state index < -0.39 is 0 Å². The molecule has 23 heavy (non-hydrogen) atoms. The van der Waals surface area contributed by atoms with Crippen LogP contribution < -0.4 is 15.1 Å². The van der Waals surface area contributed by atoms with Gasteiger partial charge in [-0.25, -0.2) is 5.01 Å². The number of hydrogen-bond donors (Lipinski definition) is 1. The van der Waals surface area contributed by atoms with E-state index in [1.807, 2.05) is 24.3 Å². The van der Waals surface area contributed by atoms with E-state index in [1.54, 1.807) is 0 Å². The Labute approximate surface area is 138 Å². The largest absolute Gasteiger partial charge is 0.487 e. The fraction of sp³-hybridized carbons (Fsp3) is 0.368. The zero-order valence-electron chi connectivity index (χ0n) is 13.7. The second-order valence-electron chi connectivity index (χ2n) is 5.73. The van der Waals surface area contributed by atoms with Gasteiger partial charge in [-0.2, -0.15) is 0 Å². The summed E-state index contributed by atoms with van der Waals surface area (Å²) in [6.07, 6.45) is 0. The van der Waals surface area contributed by atoms with Crippen molar-refractivity contribution >= 4 is 5.69 Å². The molecule has 1 fully saturated rings. The Kier molecular flexibility index (Phi) is 5.51. The lowest BCUT2D eigenvalue weighted by Gasteiger charge is -2.36. The molecule has 2 aromatic rings. The van der Waals surface area contributed by atoms with Crippen molar-refractivity contribution in [1.29, 1.82) is 0 Å². The number of nitrogens with zero attached hydrogens (tertiary/aromatic N) is 2. The predicted octanol–water partition coefficient (Wildman–Crippen LogP) is 2.91. The molecule has 0 amide bonds. The third-order valence-electron chi connectivity index (χ3n) is 4.10. The average Bonchev–Trinajstić information content (AvgIpc) is 2.62. The van der Waals surface area contributed by atoms with Crippen LogP contribution in [-0.2, 0) is 6.61 Å². The molecular weight excluding hydrogens is 286 g/mol. The zero-order chi connectivity index (χ0) is 15.9. The first-order chi connectivity index (χ1) is 11.4. The molecule has 1 heterocycles. The average molecular weight is 311 g/mol. The molecule has 1 aliphatic rings. The van der Waals surface area contributed by atoms with E-state index in [0.717, 1.165) is 38.5 Å². The van der Waals surface area contributed by atoms with Crippen molar-refractivity contribution in [3.63, 3.8) is 0 Å². The number of hydrazine groups is 1. The van der Waals surface area contributed by atoms with Gasteiger partial charge in [-0.3, -0.25) is 5.43 Å². The van der Waals surface area contributed by atoms with E-state index in [-0.39, 0.29) is 0 Å². The molecule has 0 bridgehead atoms. The van der Waals surface area contributed by atoms with Gasteiger partial charge in [-0.15, -0.1) is 0 Å². The van der Waals surface area contributed by atoms with E-state index in [1.165, 1.54) is 11.3 Å². The Morgan fingerprint density at radius 2 is 1.61 bits per heavy atom. The van der Waals surface area contributed by atoms with Crippen LogP contribution in [0.25, 0.3) is 0 Å². The summed E-state index contributed by atoms with van der Waals surface area (Å²) >= 11 is 0. The van der Waals surface area contributed by atoms with Crippen molar-refractivity contribution in [2.45, 2.75) is 13.5 Å². The Morgan fingerprint density at radius 1 is 0.913 bits per heavy atom. The maximum absolute atomic E-state index is 6.08. The van der Waals surface area contributed by atoms with Gasteiger partial charge in [-0.1, -0.05) is 49.4 Å². The van der Waals surface area contributed by atoms with Crippen LogP contribution in [0.3, 0.4) is 0 Å². The third-order valence-corrected chi connectivity index (χ3v) is 4.10.